The lowest BCUT2D eigenvalue weighted by Gasteiger charge is -2.17. The Morgan fingerprint density at radius 2 is 1.03 bits per heavy atom. The first kappa shape index (κ1) is 17.3. The molecule has 0 amide bonds. The van der Waals surface area contributed by atoms with E-state index in [0.717, 1.165) is 33.1 Å². The van der Waals surface area contributed by atoms with Gasteiger partial charge in [-0.15, -0.1) is 0 Å². The van der Waals surface area contributed by atoms with Crippen molar-refractivity contribution in [1.29, 1.82) is 0 Å². The monoisotopic (exact) mass is 422 g/mol. The van der Waals surface area contributed by atoms with Crippen LogP contribution in [0, 0.1) is 6.92 Å². The van der Waals surface area contributed by atoms with Crippen molar-refractivity contribution >= 4 is 76.2 Å². The highest BCUT2D eigenvalue weighted by molar-refractivity contribution is 6.39. The van der Waals surface area contributed by atoms with Crippen LogP contribution in [-0.4, -0.2) is 0 Å². The van der Waals surface area contributed by atoms with Gasteiger partial charge in [-0.25, -0.2) is 0 Å². The van der Waals surface area contributed by atoms with Crippen molar-refractivity contribution in [1.82, 2.24) is 0 Å². The van der Waals surface area contributed by atoms with Crippen LogP contribution >= 0.6 is 0 Å². The van der Waals surface area contributed by atoms with Crippen LogP contribution in [0.1, 0.15) is 5.56 Å². The normalized spacial score (nSPS) is 12.4. The molecule has 0 radical (unpaired) electrons. The first-order valence-corrected chi connectivity index (χ1v) is 11.3. The highest BCUT2D eigenvalue weighted by atomic mass is 16.3. The van der Waals surface area contributed by atoms with E-state index in [1.807, 2.05) is 0 Å². The van der Waals surface area contributed by atoms with E-state index >= 15 is 0 Å². The molecule has 0 fully saturated rings. The van der Waals surface area contributed by atoms with Crippen LogP contribution < -0.4 is 0 Å². The predicted octanol–water partition coefficient (Wildman–Crippen LogP) is 9.25. The molecule has 0 saturated carbocycles. The second kappa shape index (κ2) is 5.93. The molecule has 2 nitrogen and oxygen atoms in total. The van der Waals surface area contributed by atoms with Gasteiger partial charge in [0, 0.05) is 32.3 Å². The molecule has 0 aliphatic heterocycles. The first-order valence-electron chi connectivity index (χ1n) is 11.3. The van der Waals surface area contributed by atoms with Crippen molar-refractivity contribution in [3.63, 3.8) is 0 Å². The van der Waals surface area contributed by atoms with Crippen molar-refractivity contribution in [2.24, 2.45) is 0 Å². The molecule has 2 heteroatoms. The maximum Gasteiger partial charge on any atom is 0.135 e. The standard InChI is InChI=1S/C31H18O2/c1-17-12-13-24-22(14-17)28-20-8-5-11-26-31(20)29(21-9-4-10-25(32-24)30(21)28)23-15-18-6-2-3-7-19(18)16-27(23)33-26/h2-16H,1H3. The maximum atomic E-state index is 6.53. The molecular weight excluding hydrogens is 404 g/mol. The van der Waals surface area contributed by atoms with Crippen LogP contribution in [0.5, 0.6) is 0 Å². The van der Waals surface area contributed by atoms with Gasteiger partial charge in [-0.2, -0.15) is 0 Å². The SMILES string of the molecule is Cc1ccc2oc3cccc4c3c(c2c1)c1cccc2oc3cc5ccccc5cc3c4c21. The Balaban J connectivity index is 1.77. The van der Waals surface area contributed by atoms with Gasteiger partial charge < -0.3 is 8.83 Å². The van der Waals surface area contributed by atoms with Crippen LogP contribution in [0.2, 0.25) is 0 Å². The van der Waals surface area contributed by atoms with E-state index in [1.54, 1.807) is 0 Å². The maximum absolute atomic E-state index is 6.53. The van der Waals surface area contributed by atoms with E-state index in [2.05, 4.69) is 97.9 Å². The number of fused-ring (bicyclic) bond motifs is 7. The minimum atomic E-state index is 0.905. The molecule has 8 aromatic rings. The molecule has 2 aromatic heterocycles. The zero-order chi connectivity index (χ0) is 21.7. The van der Waals surface area contributed by atoms with E-state index < -0.39 is 0 Å². The van der Waals surface area contributed by atoms with Crippen LogP contribution in [0.15, 0.2) is 99.8 Å². The number of aryl methyl sites for hydroxylation is 1. The van der Waals surface area contributed by atoms with E-state index in [9.17, 15) is 0 Å². The summed E-state index contributed by atoms with van der Waals surface area (Å²) >= 11 is 0. The Bertz CT molecular complexity index is 2090. The van der Waals surface area contributed by atoms with Gasteiger partial charge in [0.1, 0.15) is 22.3 Å². The lowest BCUT2D eigenvalue weighted by atomic mass is 9.89. The first-order chi connectivity index (χ1) is 16.3. The largest absolute Gasteiger partial charge is 0.456 e. The Labute approximate surface area is 188 Å². The second-order valence-corrected chi connectivity index (χ2v) is 9.01. The van der Waals surface area contributed by atoms with Gasteiger partial charge in [0.25, 0.3) is 0 Å². The lowest BCUT2D eigenvalue weighted by Crippen LogP contribution is -1.90. The lowest BCUT2D eigenvalue weighted by molar-refractivity contribution is 0.661. The van der Waals surface area contributed by atoms with E-state index in [-0.39, 0.29) is 0 Å². The van der Waals surface area contributed by atoms with Crippen LogP contribution in [0.3, 0.4) is 0 Å². The fourth-order valence-corrected chi connectivity index (χ4v) is 5.66. The Morgan fingerprint density at radius 1 is 0.424 bits per heavy atom. The minimum absolute atomic E-state index is 0.905. The number of hydrogen-bond donors (Lipinski definition) is 0. The van der Waals surface area contributed by atoms with Gasteiger partial charge in [-0.05, 0) is 64.9 Å². The summed E-state index contributed by atoms with van der Waals surface area (Å²) in [6.45, 7) is 2.13. The summed E-state index contributed by atoms with van der Waals surface area (Å²) in [5.74, 6) is 0. The third kappa shape index (κ3) is 2.18. The molecule has 33 heavy (non-hydrogen) atoms. The Kier molecular flexibility index (Phi) is 3.11. The third-order valence-corrected chi connectivity index (χ3v) is 7.05. The molecule has 0 spiro atoms. The summed E-state index contributed by atoms with van der Waals surface area (Å²) in [5.41, 5.74) is 4.86. The van der Waals surface area contributed by atoms with Gasteiger partial charge in [0.05, 0.1) is 0 Å². The molecule has 2 heterocycles. The Morgan fingerprint density at radius 3 is 1.73 bits per heavy atom. The van der Waals surface area contributed by atoms with Gasteiger partial charge in [-0.3, -0.25) is 0 Å². The van der Waals surface area contributed by atoms with Crippen molar-refractivity contribution in [2.75, 3.05) is 0 Å². The average Bonchev–Trinajstić information content (AvgIpc) is 2.84. The molecule has 0 bridgehead atoms. The quantitative estimate of drug-likeness (QED) is 0.180. The molecule has 0 aliphatic carbocycles. The zero-order valence-corrected chi connectivity index (χ0v) is 18.0. The summed E-state index contributed by atoms with van der Waals surface area (Å²) in [7, 11) is 0. The van der Waals surface area contributed by atoms with Gasteiger partial charge in [0.15, 0.2) is 0 Å². The van der Waals surface area contributed by atoms with Crippen molar-refractivity contribution in [2.45, 2.75) is 6.92 Å². The predicted molar refractivity (Wildman–Crippen MR) is 138 cm³/mol. The molecular formula is C31H18O2. The van der Waals surface area contributed by atoms with Crippen LogP contribution in [0.25, 0.3) is 76.2 Å². The summed E-state index contributed by atoms with van der Waals surface area (Å²) < 4.78 is 13.0. The van der Waals surface area contributed by atoms with Gasteiger partial charge >= 0.3 is 0 Å². The highest BCUT2D eigenvalue weighted by Gasteiger charge is 2.20. The average molecular weight is 422 g/mol. The topological polar surface area (TPSA) is 26.3 Å². The zero-order valence-electron chi connectivity index (χ0n) is 18.0. The van der Waals surface area contributed by atoms with Gasteiger partial charge in [0.2, 0.25) is 0 Å². The minimum Gasteiger partial charge on any atom is -0.456 e. The molecule has 0 N–H and O–H groups in total. The van der Waals surface area contributed by atoms with Crippen LogP contribution in [0.4, 0.5) is 0 Å². The Hall–Kier alpha value is -4.30. The van der Waals surface area contributed by atoms with Crippen LogP contribution in [-0.2, 0) is 0 Å². The van der Waals surface area contributed by atoms with Crippen molar-refractivity contribution in [3.05, 3.63) is 96.6 Å². The molecule has 0 saturated heterocycles. The molecule has 154 valence electrons. The molecule has 6 aromatic carbocycles. The third-order valence-electron chi connectivity index (χ3n) is 7.05. The molecule has 0 unspecified atom stereocenters. The van der Waals surface area contributed by atoms with Gasteiger partial charge in [-0.1, -0.05) is 60.2 Å². The fraction of sp³-hybridized carbons (Fsp3) is 0.0323. The fourth-order valence-electron chi connectivity index (χ4n) is 5.66. The summed E-state index contributed by atoms with van der Waals surface area (Å²) in [6, 6.07) is 32.1. The van der Waals surface area contributed by atoms with E-state index in [4.69, 9.17) is 8.83 Å². The molecule has 8 rings (SSSR count). The summed E-state index contributed by atoms with van der Waals surface area (Å²) in [4.78, 5) is 0. The van der Waals surface area contributed by atoms with Crippen molar-refractivity contribution in [3.8, 4) is 0 Å². The number of hydrogen-bond acceptors (Lipinski definition) is 2. The second-order valence-electron chi connectivity index (χ2n) is 9.01. The highest BCUT2D eigenvalue weighted by Crippen LogP contribution is 2.46. The smallest absolute Gasteiger partial charge is 0.135 e. The van der Waals surface area contributed by atoms with E-state index in [1.165, 1.54) is 48.7 Å². The number of benzene rings is 6. The summed E-state index contributed by atoms with van der Waals surface area (Å²) in [5, 5.41) is 11.9. The van der Waals surface area contributed by atoms with E-state index in [0.29, 0.717) is 0 Å². The summed E-state index contributed by atoms with van der Waals surface area (Å²) in [6.07, 6.45) is 0. The van der Waals surface area contributed by atoms with Crippen molar-refractivity contribution < 1.29 is 8.83 Å². The molecule has 0 aliphatic rings. The molecule has 0 atom stereocenters. The number of rotatable bonds is 0.